The van der Waals surface area contributed by atoms with Crippen LogP contribution in [0.1, 0.15) is 25.7 Å². The van der Waals surface area contributed by atoms with Gasteiger partial charge in [-0.2, -0.15) is 0 Å². The molecule has 0 spiro atoms. The number of carbonyl (C=O) groups excluding carboxylic acids is 1. The van der Waals surface area contributed by atoms with Crippen molar-refractivity contribution in [1.29, 1.82) is 0 Å². The summed E-state index contributed by atoms with van der Waals surface area (Å²) in [5.74, 6) is 0.394. The van der Waals surface area contributed by atoms with Crippen LogP contribution < -0.4 is 16.0 Å². The lowest BCUT2D eigenvalue weighted by Gasteiger charge is -2.29. The fourth-order valence-electron chi connectivity index (χ4n) is 3.02. The second kappa shape index (κ2) is 7.14. The van der Waals surface area contributed by atoms with E-state index < -0.39 is 0 Å². The number of hydrogen-bond donors (Lipinski definition) is 2. The molecule has 0 aliphatic heterocycles. The summed E-state index contributed by atoms with van der Waals surface area (Å²) < 4.78 is 0. The van der Waals surface area contributed by atoms with Gasteiger partial charge in [-0.1, -0.05) is 24.4 Å². The van der Waals surface area contributed by atoms with E-state index in [1.54, 1.807) is 6.07 Å². The first-order valence-corrected chi connectivity index (χ1v) is 7.88. The average Bonchev–Trinajstić information content (AvgIpc) is 2.46. The third-order valence-electron chi connectivity index (χ3n) is 4.25. The molecule has 0 aromatic heterocycles. The Kier molecular flexibility index (Phi) is 5.48. The zero-order valence-electron chi connectivity index (χ0n) is 12.7. The van der Waals surface area contributed by atoms with Crippen LogP contribution in [-0.2, 0) is 4.79 Å². The van der Waals surface area contributed by atoms with Crippen LogP contribution >= 0.6 is 11.6 Å². The highest BCUT2D eigenvalue weighted by atomic mass is 35.5. The number of nitrogens with zero attached hydrogens (tertiary/aromatic N) is 1. The summed E-state index contributed by atoms with van der Waals surface area (Å²) in [5, 5.41) is 3.62. The van der Waals surface area contributed by atoms with E-state index in [1.165, 1.54) is 6.42 Å². The lowest BCUT2D eigenvalue weighted by molar-refractivity contribution is -0.122. The Morgan fingerprint density at radius 2 is 2.10 bits per heavy atom. The Labute approximate surface area is 131 Å². The normalized spacial score (nSPS) is 21.9. The predicted molar refractivity (Wildman–Crippen MR) is 88.9 cm³/mol. The molecule has 1 aromatic rings. The number of hydrogen-bond acceptors (Lipinski definition) is 3. The maximum absolute atomic E-state index is 12.4. The van der Waals surface area contributed by atoms with Crippen LogP contribution in [0, 0.1) is 11.8 Å². The Hall–Kier alpha value is -1.26. The van der Waals surface area contributed by atoms with Crippen LogP contribution in [0.5, 0.6) is 0 Å². The molecular weight excluding hydrogens is 286 g/mol. The molecule has 1 aliphatic carbocycles. The summed E-state index contributed by atoms with van der Waals surface area (Å²) in [5.41, 5.74) is 7.48. The van der Waals surface area contributed by atoms with Crippen LogP contribution in [0.25, 0.3) is 0 Å². The molecule has 0 saturated heterocycles. The Bertz CT molecular complexity index is 504. The van der Waals surface area contributed by atoms with Gasteiger partial charge in [0.2, 0.25) is 5.91 Å². The first kappa shape index (κ1) is 16.1. The van der Waals surface area contributed by atoms with E-state index in [0.717, 1.165) is 30.6 Å². The molecular formula is C16H24ClN3O. The number of benzene rings is 1. The van der Waals surface area contributed by atoms with Gasteiger partial charge in [-0.05, 0) is 43.5 Å². The van der Waals surface area contributed by atoms with Crippen LogP contribution in [0.2, 0.25) is 5.02 Å². The van der Waals surface area contributed by atoms with E-state index in [4.69, 9.17) is 17.3 Å². The van der Waals surface area contributed by atoms with Crippen molar-refractivity contribution >= 4 is 28.9 Å². The zero-order chi connectivity index (χ0) is 15.4. The number of nitrogens with two attached hydrogens (primary N) is 1. The van der Waals surface area contributed by atoms with Gasteiger partial charge in [-0.25, -0.2) is 0 Å². The van der Waals surface area contributed by atoms with E-state index >= 15 is 0 Å². The molecule has 1 aromatic carbocycles. The minimum Gasteiger partial charge on any atom is -0.376 e. The highest BCUT2D eigenvalue weighted by Gasteiger charge is 2.29. The molecule has 4 nitrogen and oxygen atoms in total. The van der Waals surface area contributed by atoms with Gasteiger partial charge in [-0.3, -0.25) is 4.79 Å². The van der Waals surface area contributed by atoms with E-state index in [2.05, 4.69) is 5.32 Å². The summed E-state index contributed by atoms with van der Waals surface area (Å²) >= 11 is 6.24. The maximum atomic E-state index is 12.4. The molecule has 2 rings (SSSR count). The largest absolute Gasteiger partial charge is 0.376 e. The van der Waals surface area contributed by atoms with Gasteiger partial charge in [0, 0.05) is 25.7 Å². The second-order valence-electron chi connectivity index (χ2n) is 5.94. The van der Waals surface area contributed by atoms with Crippen molar-refractivity contribution in [3.05, 3.63) is 23.2 Å². The van der Waals surface area contributed by atoms with Crippen molar-refractivity contribution in [2.75, 3.05) is 30.9 Å². The standard InChI is InChI=1S/C16H24ClN3O/c1-20(2)15-8-7-12(9-14(15)17)19-16(21)13-6-4-3-5-11(13)10-18/h7-9,11,13H,3-6,10,18H2,1-2H3,(H,19,21). The van der Waals surface area contributed by atoms with Crippen molar-refractivity contribution < 1.29 is 4.79 Å². The van der Waals surface area contributed by atoms with Crippen LogP contribution in [0.4, 0.5) is 11.4 Å². The number of amides is 1. The number of nitrogens with one attached hydrogen (secondary N) is 1. The van der Waals surface area contributed by atoms with E-state index in [1.807, 2.05) is 31.1 Å². The second-order valence-corrected chi connectivity index (χ2v) is 6.34. The Morgan fingerprint density at radius 3 is 2.71 bits per heavy atom. The summed E-state index contributed by atoms with van der Waals surface area (Å²) in [6.45, 7) is 0.582. The van der Waals surface area contributed by atoms with Crippen molar-refractivity contribution in [2.24, 2.45) is 17.6 Å². The lowest BCUT2D eigenvalue weighted by Crippen LogP contribution is -2.35. The van der Waals surface area contributed by atoms with Crippen molar-refractivity contribution in [2.45, 2.75) is 25.7 Å². The monoisotopic (exact) mass is 309 g/mol. The number of halogens is 1. The van der Waals surface area contributed by atoms with Gasteiger partial charge < -0.3 is 16.0 Å². The van der Waals surface area contributed by atoms with Crippen LogP contribution in [0.15, 0.2) is 18.2 Å². The summed E-state index contributed by atoms with van der Waals surface area (Å²) in [6.07, 6.45) is 4.26. The molecule has 1 fully saturated rings. The molecule has 1 aliphatic rings. The van der Waals surface area contributed by atoms with Crippen LogP contribution in [0.3, 0.4) is 0 Å². The molecule has 2 unspecified atom stereocenters. The van der Waals surface area contributed by atoms with Gasteiger partial charge in [-0.15, -0.1) is 0 Å². The molecule has 0 heterocycles. The fourth-order valence-corrected chi connectivity index (χ4v) is 3.37. The van der Waals surface area contributed by atoms with Gasteiger partial charge in [0.1, 0.15) is 0 Å². The maximum Gasteiger partial charge on any atom is 0.227 e. The van der Waals surface area contributed by atoms with E-state index in [0.29, 0.717) is 17.5 Å². The number of carbonyl (C=O) groups is 1. The van der Waals surface area contributed by atoms with Crippen molar-refractivity contribution in [3.8, 4) is 0 Å². The third kappa shape index (κ3) is 3.89. The first-order chi connectivity index (χ1) is 10.0. The van der Waals surface area contributed by atoms with E-state index in [-0.39, 0.29) is 11.8 Å². The SMILES string of the molecule is CN(C)c1ccc(NC(=O)C2CCCCC2CN)cc1Cl. The molecule has 1 saturated carbocycles. The molecule has 1 amide bonds. The van der Waals surface area contributed by atoms with E-state index in [9.17, 15) is 4.79 Å². The molecule has 0 bridgehead atoms. The number of anilines is 2. The summed E-state index contributed by atoms with van der Waals surface area (Å²) in [6, 6.07) is 5.60. The molecule has 3 N–H and O–H groups in total. The molecule has 116 valence electrons. The summed E-state index contributed by atoms with van der Waals surface area (Å²) in [4.78, 5) is 14.4. The Balaban J connectivity index is 2.07. The molecule has 2 atom stereocenters. The van der Waals surface area contributed by atoms with Gasteiger partial charge in [0.25, 0.3) is 0 Å². The molecule has 5 heteroatoms. The van der Waals surface area contributed by atoms with Crippen molar-refractivity contribution in [3.63, 3.8) is 0 Å². The van der Waals surface area contributed by atoms with Gasteiger partial charge in [0.15, 0.2) is 0 Å². The first-order valence-electron chi connectivity index (χ1n) is 7.50. The topological polar surface area (TPSA) is 58.4 Å². The zero-order valence-corrected chi connectivity index (χ0v) is 13.5. The lowest BCUT2D eigenvalue weighted by atomic mass is 9.78. The molecule has 0 radical (unpaired) electrons. The predicted octanol–water partition coefficient (Wildman–Crippen LogP) is 3.11. The highest BCUT2D eigenvalue weighted by Crippen LogP contribution is 2.31. The fraction of sp³-hybridized carbons (Fsp3) is 0.562. The average molecular weight is 310 g/mol. The third-order valence-corrected chi connectivity index (χ3v) is 4.55. The Morgan fingerprint density at radius 1 is 1.38 bits per heavy atom. The van der Waals surface area contributed by atoms with Crippen molar-refractivity contribution in [1.82, 2.24) is 0 Å². The minimum absolute atomic E-state index is 0.0241. The molecule has 21 heavy (non-hydrogen) atoms. The minimum atomic E-state index is 0.0241. The van der Waals surface area contributed by atoms with Gasteiger partial charge in [0.05, 0.1) is 10.7 Å². The quantitative estimate of drug-likeness (QED) is 0.898. The smallest absolute Gasteiger partial charge is 0.227 e. The highest BCUT2D eigenvalue weighted by molar-refractivity contribution is 6.33. The van der Waals surface area contributed by atoms with Crippen LogP contribution in [-0.4, -0.2) is 26.5 Å². The summed E-state index contributed by atoms with van der Waals surface area (Å²) in [7, 11) is 3.88. The number of rotatable bonds is 4. The van der Waals surface area contributed by atoms with Gasteiger partial charge >= 0.3 is 0 Å².